The van der Waals surface area contributed by atoms with Crippen LogP contribution in [0, 0.1) is 0 Å². The van der Waals surface area contributed by atoms with E-state index in [1.807, 2.05) is 0 Å². The summed E-state index contributed by atoms with van der Waals surface area (Å²) in [7, 11) is 0. The van der Waals surface area contributed by atoms with Gasteiger partial charge in [-0.15, -0.1) is 11.6 Å². The zero-order valence-electron chi connectivity index (χ0n) is 2.86. The number of halogens is 2. The molecule has 2 nitrogen and oxygen atoms in total. The molecule has 0 aliphatic carbocycles. The number of hydrogen-bond acceptors (Lipinski definition) is 2. The first-order chi connectivity index (χ1) is 2.81. The molecule has 6 heavy (non-hydrogen) atoms. The zero-order chi connectivity index (χ0) is 4.99. The molecule has 0 fully saturated rings. The molecule has 0 aromatic carbocycles. The van der Waals surface area contributed by atoms with Gasteiger partial charge in [-0.05, 0) is 0 Å². The topological polar surface area (TPSA) is 32.6 Å². The van der Waals surface area contributed by atoms with Crippen molar-refractivity contribution in [2.75, 3.05) is 5.88 Å². The summed E-state index contributed by atoms with van der Waals surface area (Å²) in [5.41, 5.74) is 0. The van der Waals surface area contributed by atoms with E-state index < -0.39 is 0 Å². The predicted molar refractivity (Wildman–Crippen MR) is 25.8 cm³/mol. The predicted octanol–water partition coefficient (Wildman–Crippen LogP) is 1.25. The van der Waals surface area contributed by atoms with Crippen molar-refractivity contribution in [2.45, 2.75) is 0 Å². The minimum Gasteiger partial charge on any atom is -0.410 e. The Morgan fingerprint density at radius 2 is 2.33 bits per heavy atom. The molecule has 0 aromatic rings. The number of nitrogens with zero attached hydrogens (tertiary/aromatic N) is 1. The smallest absolute Gasteiger partial charge is 0.160 e. The number of oxime groups is 1. The third-order valence-corrected chi connectivity index (χ3v) is 0.818. The standard InChI is InChI=1S/C2H3Cl2NO/c3-1-2(4)5-6/h6H,1H2. The maximum Gasteiger partial charge on any atom is 0.160 e. The third-order valence-electron chi connectivity index (χ3n) is 0.219. The summed E-state index contributed by atoms with van der Waals surface area (Å²) in [4.78, 5) is 0. The molecule has 0 bridgehead atoms. The van der Waals surface area contributed by atoms with Gasteiger partial charge in [0, 0.05) is 0 Å². The molecular weight excluding hydrogens is 125 g/mol. The van der Waals surface area contributed by atoms with Crippen molar-refractivity contribution in [1.82, 2.24) is 0 Å². The van der Waals surface area contributed by atoms with Crippen LogP contribution in [0.1, 0.15) is 0 Å². The van der Waals surface area contributed by atoms with Crippen molar-refractivity contribution < 1.29 is 5.21 Å². The van der Waals surface area contributed by atoms with Gasteiger partial charge in [0.1, 0.15) is 0 Å². The molecule has 0 saturated heterocycles. The van der Waals surface area contributed by atoms with E-state index in [9.17, 15) is 0 Å². The first-order valence-electron chi connectivity index (χ1n) is 1.23. The van der Waals surface area contributed by atoms with E-state index in [-0.39, 0.29) is 11.1 Å². The molecule has 0 amide bonds. The molecule has 36 valence electrons. The highest BCUT2D eigenvalue weighted by molar-refractivity contribution is 6.69. The van der Waals surface area contributed by atoms with E-state index in [2.05, 4.69) is 5.16 Å². The monoisotopic (exact) mass is 127 g/mol. The van der Waals surface area contributed by atoms with Crippen molar-refractivity contribution in [3.05, 3.63) is 0 Å². The summed E-state index contributed by atoms with van der Waals surface area (Å²) in [5, 5.41) is 10.3. The van der Waals surface area contributed by atoms with E-state index in [0.29, 0.717) is 0 Å². The Hall–Kier alpha value is 0.0500. The Bertz CT molecular complexity index is 62.6. The van der Waals surface area contributed by atoms with Crippen molar-refractivity contribution in [1.29, 1.82) is 0 Å². The van der Waals surface area contributed by atoms with E-state index in [1.54, 1.807) is 0 Å². The summed E-state index contributed by atoms with van der Waals surface area (Å²) in [6, 6.07) is 0. The third kappa shape index (κ3) is 2.30. The fourth-order valence-corrected chi connectivity index (χ4v) is 0.0802. The van der Waals surface area contributed by atoms with Crippen LogP contribution in [0.2, 0.25) is 0 Å². The second-order valence-corrected chi connectivity index (χ2v) is 1.31. The highest BCUT2D eigenvalue weighted by atomic mass is 35.5. The average Bonchev–Trinajstić information content (AvgIpc) is 1.65. The van der Waals surface area contributed by atoms with E-state index in [1.165, 1.54) is 0 Å². The Labute approximate surface area is 45.4 Å². The van der Waals surface area contributed by atoms with Gasteiger partial charge in [-0.3, -0.25) is 0 Å². The van der Waals surface area contributed by atoms with Crippen LogP contribution in [-0.2, 0) is 0 Å². The SMILES string of the molecule is ON=C(Cl)CCl. The summed E-state index contributed by atoms with van der Waals surface area (Å²) in [6.45, 7) is 0. The maximum atomic E-state index is 7.71. The zero-order valence-corrected chi connectivity index (χ0v) is 4.37. The minimum absolute atomic E-state index is 0.0108. The molecule has 0 rings (SSSR count). The van der Waals surface area contributed by atoms with Crippen LogP contribution in [-0.4, -0.2) is 16.3 Å². The van der Waals surface area contributed by atoms with Crippen LogP contribution >= 0.6 is 23.2 Å². The second kappa shape index (κ2) is 3.25. The van der Waals surface area contributed by atoms with Crippen LogP contribution < -0.4 is 0 Å². The summed E-state index contributed by atoms with van der Waals surface area (Å²) < 4.78 is 0. The van der Waals surface area contributed by atoms with Gasteiger partial charge in [-0.2, -0.15) is 0 Å². The van der Waals surface area contributed by atoms with Crippen molar-refractivity contribution in [2.24, 2.45) is 5.16 Å². The number of alkyl halides is 1. The lowest BCUT2D eigenvalue weighted by atomic mass is 10.9. The van der Waals surface area contributed by atoms with Crippen LogP contribution in [0.4, 0.5) is 0 Å². The normalized spacial score (nSPS) is 12.0. The Morgan fingerprint density at radius 1 is 1.83 bits per heavy atom. The fourth-order valence-electron chi connectivity index (χ4n) is 0.0267. The molecule has 0 aliphatic rings. The first kappa shape index (κ1) is 6.05. The highest BCUT2D eigenvalue weighted by Gasteiger charge is 1.84. The Morgan fingerprint density at radius 3 is 2.33 bits per heavy atom. The largest absolute Gasteiger partial charge is 0.410 e. The molecule has 0 aromatic heterocycles. The lowest BCUT2D eigenvalue weighted by molar-refractivity contribution is 0.320. The quantitative estimate of drug-likeness (QED) is 0.245. The van der Waals surface area contributed by atoms with E-state index in [4.69, 9.17) is 28.4 Å². The molecule has 0 heterocycles. The fraction of sp³-hybridized carbons (Fsp3) is 0.500. The lowest BCUT2D eigenvalue weighted by Gasteiger charge is -1.76. The van der Waals surface area contributed by atoms with Crippen LogP contribution in [0.5, 0.6) is 0 Å². The maximum absolute atomic E-state index is 7.71. The summed E-state index contributed by atoms with van der Waals surface area (Å²) in [5.74, 6) is 0.0675. The van der Waals surface area contributed by atoms with Gasteiger partial charge >= 0.3 is 0 Å². The molecule has 0 atom stereocenters. The first-order valence-corrected chi connectivity index (χ1v) is 2.15. The molecular formula is C2H3Cl2NO. The average molecular weight is 128 g/mol. The van der Waals surface area contributed by atoms with Crippen LogP contribution in [0.25, 0.3) is 0 Å². The minimum atomic E-state index is 0.0108. The van der Waals surface area contributed by atoms with Gasteiger partial charge in [-0.25, -0.2) is 0 Å². The Kier molecular flexibility index (Phi) is 3.28. The lowest BCUT2D eigenvalue weighted by Crippen LogP contribution is -1.84. The van der Waals surface area contributed by atoms with E-state index >= 15 is 0 Å². The molecule has 1 N–H and O–H groups in total. The van der Waals surface area contributed by atoms with Gasteiger partial charge in [0.2, 0.25) is 0 Å². The number of hydrogen-bond donors (Lipinski definition) is 1. The summed E-state index contributed by atoms with van der Waals surface area (Å²) >= 11 is 10.0. The van der Waals surface area contributed by atoms with Crippen LogP contribution in [0.15, 0.2) is 5.16 Å². The molecule has 0 spiro atoms. The molecule has 4 heteroatoms. The summed E-state index contributed by atoms with van der Waals surface area (Å²) in [6.07, 6.45) is 0. The van der Waals surface area contributed by atoms with Gasteiger partial charge < -0.3 is 5.21 Å². The van der Waals surface area contributed by atoms with Crippen molar-refractivity contribution in [3.8, 4) is 0 Å². The number of rotatable bonds is 1. The second-order valence-electron chi connectivity index (χ2n) is 0.610. The molecule has 0 saturated carbocycles. The highest BCUT2D eigenvalue weighted by Crippen LogP contribution is 1.85. The van der Waals surface area contributed by atoms with Crippen molar-refractivity contribution >= 4 is 28.4 Å². The van der Waals surface area contributed by atoms with Gasteiger partial charge in [-0.1, -0.05) is 16.8 Å². The van der Waals surface area contributed by atoms with Gasteiger partial charge in [0.25, 0.3) is 0 Å². The van der Waals surface area contributed by atoms with E-state index in [0.717, 1.165) is 0 Å². The Balaban J connectivity index is 3.22. The molecule has 0 unspecified atom stereocenters. The van der Waals surface area contributed by atoms with Crippen molar-refractivity contribution in [3.63, 3.8) is 0 Å². The van der Waals surface area contributed by atoms with Gasteiger partial charge in [0.15, 0.2) is 5.17 Å². The van der Waals surface area contributed by atoms with Crippen LogP contribution in [0.3, 0.4) is 0 Å². The molecule has 0 aliphatic heterocycles. The molecule has 0 radical (unpaired) electrons. The van der Waals surface area contributed by atoms with Gasteiger partial charge in [0.05, 0.1) is 5.88 Å².